The monoisotopic (exact) mass is 283 g/mol. The Hall–Kier alpha value is -0.510. The maximum atomic E-state index is 4.25. The molecule has 1 aromatic rings. The molecule has 4 heteroatoms. The van der Waals surface area contributed by atoms with Crippen molar-refractivity contribution in [1.82, 2.24) is 14.8 Å². The van der Waals surface area contributed by atoms with E-state index in [1.54, 1.807) is 11.8 Å². The van der Waals surface area contributed by atoms with Crippen molar-refractivity contribution in [1.29, 1.82) is 0 Å². The fraction of sp³-hybridized carbons (Fsp3) is 0.867. The molecule has 0 N–H and O–H groups in total. The van der Waals surface area contributed by atoms with Crippen LogP contribution in [0.2, 0.25) is 0 Å². The normalized spacial score (nSPS) is 11.1. The molecule has 1 rings (SSSR count). The highest BCUT2D eigenvalue weighted by Gasteiger charge is 2.06. The second-order valence-corrected chi connectivity index (χ2v) is 6.01. The van der Waals surface area contributed by atoms with Crippen LogP contribution in [0.3, 0.4) is 0 Å². The maximum Gasteiger partial charge on any atom is 0.190 e. The number of aryl methyl sites for hydroxylation is 1. The van der Waals surface area contributed by atoms with Gasteiger partial charge in [0.2, 0.25) is 0 Å². The highest BCUT2D eigenvalue weighted by molar-refractivity contribution is 7.98. The lowest BCUT2D eigenvalue weighted by Crippen LogP contribution is -1.99. The average molecular weight is 283 g/mol. The molecule has 3 nitrogen and oxygen atoms in total. The van der Waals surface area contributed by atoms with Gasteiger partial charge in [0.05, 0.1) is 0 Å². The molecule has 0 saturated carbocycles. The van der Waals surface area contributed by atoms with Gasteiger partial charge in [-0.1, -0.05) is 70.1 Å². The van der Waals surface area contributed by atoms with Gasteiger partial charge in [-0.25, -0.2) is 0 Å². The number of unbranched alkanes of at least 4 members (excludes halogenated alkanes) is 8. The van der Waals surface area contributed by atoms with E-state index in [1.807, 2.05) is 6.26 Å². The third-order valence-corrected chi connectivity index (χ3v) is 4.33. The summed E-state index contributed by atoms with van der Waals surface area (Å²) in [6.45, 7) is 2.27. The maximum absolute atomic E-state index is 4.25. The van der Waals surface area contributed by atoms with Crippen molar-refractivity contribution in [2.75, 3.05) is 6.26 Å². The van der Waals surface area contributed by atoms with Crippen LogP contribution in [0.15, 0.2) is 5.16 Å². The Morgan fingerprint density at radius 3 is 2.00 bits per heavy atom. The zero-order valence-corrected chi connectivity index (χ0v) is 13.6. The molecule has 0 radical (unpaired) electrons. The van der Waals surface area contributed by atoms with E-state index in [2.05, 4.69) is 28.7 Å². The van der Waals surface area contributed by atoms with Gasteiger partial charge in [0.1, 0.15) is 5.82 Å². The van der Waals surface area contributed by atoms with Gasteiger partial charge in [-0.15, -0.1) is 10.2 Å². The predicted octanol–water partition coefficient (Wildman–Crippen LogP) is 4.61. The third kappa shape index (κ3) is 6.46. The molecule has 0 aliphatic heterocycles. The minimum atomic E-state index is 1.02. The minimum absolute atomic E-state index is 1.02. The Balaban J connectivity index is 2.00. The topological polar surface area (TPSA) is 30.7 Å². The molecule has 0 unspecified atom stereocenters. The van der Waals surface area contributed by atoms with E-state index in [0.29, 0.717) is 0 Å². The molecule has 0 amide bonds. The number of rotatable bonds is 11. The first kappa shape index (κ1) is 16.5. The zero-order valence-electron chi connectivity index (χ0n) is 12.8. The standard InChI is InChI=1S/C15H29N3S/c1-4-5-6-7-8-9-10-11-12-13-14-16-17-15(19-3)18(14)2/h4-13H2,1-3H3. The van der Waals surface area contributed by atoms with Crippen molar-refractivity contribution < 1.29 is 0 Å². The van der Waals surface area contributed by atoms with E-state index < -0.39 is 0 Å². The lowest BCUT2D eigenvalue weighted by atomic mass is 10.1. The first-order valence-corrected chi connectivity index (χ1v) is 8.94. The van der Waals surface area contributed by atoms with Crippen LogP contribution in [0, 0.1) is 0 Å². The van der Waals surface area contributed by atoms with Crippen LogP contribution >= 0.6 is 11.8 Å². The van der Waals surface area contributed by atoms with Crippen molar-refractivity contribution >= 4 is 11.8 Å². The molecule has 0 aliphatic carbocycles. The molecule has 19 heavy (non-hydrogen) atoms. The van der Waals surface area contributed by atoms with Crippen molar-refractivity contribution in [3.63, 3.8) is 0 Å². The first-order valence-electron chi connectivity index (χ1n) is 7.71. The van der Waals surface area contributed by atoms with Crippen molar-refractivity contribution in [2.45, 2.75) is 76.3 Å². The molecule has 1 aromatic heterocycles. The summed E-state index contributed by atoms with van der Waals surface area (Å²) in [7, 11) is 2.06. The van der Waals surface area contributed by atoms with Crippen LogP contribution in [0.1, 0.15) is 70.5 Å². The summed E-state index contributed by atoms with van der Waals surface area (Å²) in [5.74, 6) is 1.13. The van der Waals surface area contributed by atoms with E-state index in [-0.39, 0.29) is 0 Å². The van der Waals surface area contributed by atoms with Crippen LogP contribution in [0.25, 0.3) is 0 Å². The number of nitrogens with zero attached hydrogens (tertiary/aromatic N) is 3. The van der Waals surface area contributed by atoms with Gasteiger partial charge in [-0.3, -0.25) is 0 Å². The Labute approximate surface area is 122 Å². The molecule has 0 fully saturated rings. The van der Waals surface area contributed by atoms with Gasteiger partial charge >= 0.3 is 0 Å². The van der Waals surface area contributed by atoms with Gasteiger partial charge < -0.3 is 4.57 Å². The number of hydrogen-bond donors (Lipinski definition) is 0. The van der Waals surface area contributed by atoms with Gasteiger partial charge in [0.25, 0.3) is 0 Å². The molecule has 0 aliphatic rings. The molecule has 0 aromatic carbocycles. The van der Waals surface area contributed by atoms with E-state index in [1.165, 1.54) is 57.8 Å². The molecule has 1 heterocycles. The number of aromatic nitrogens is 3. The summed E-state index contributed by atoms with van der Waals surface area (Å²) in [5, 5.41) is 9.43. The second-order valence-electron chi connectivity index (χ2n) is 5.24. The molecule has 0 saturated heterocycles. The predicted molar refractivity (Wildman–Crippen MR) is 83.7 cm³/mol. The number of thioether (sulfide) groups is 1. The van der Waals surface area contributed by atoms with Crippen LogP contribution in [-0.2, 0) is 13.5 Å². The summed E-state index contributed by atoms with van der Waals surface area (Å²) < 4.78 is 2.12. The largest absolute Gasteiger partial charge is 0.309 e. The fourth-order valence-electron chi connectivity index (χ4n) is 2.33. The van der Waals surface area contributed by atoms with E-state index in [0.717, 1.165) is 17.4 Å². The van der Waals surface area contributed by atoms with Crippen molar-refractivity contribution in [2.24, 2.45) is 7.05 Å². The Kier molecular flexibility index (Phi) is 8.97. The molecule has 0 bridgehead atoms. The van der Waals surface area contributed by atoms with Crippen LogP contribution in [0.4, 0.5) is 0 Å². The molecule has 110 valence electrons. The van der Waals surface area contributed by atoms with E-state index >= 15 is 0 Å². The minimum Gasteiger partial charge on any atom is -0.309 e. The summed E-state index contributed by atoms with van der Waals surface area (Å²) >= 11 is 1.66. The van der Waals surface area contributed by atoms with E-state index in [4.69, 9.17) is 0 Å². The Morgan fingerprint density at radius 2 is 1.47 bits per heavy atom. The number of hydrogen-bond acceptors (Lipinski definition) is 3. The highest BCUT2D eigenvalue weighted by Crippen LogP contribution is 2.14. The zero-order chi connectivity index (χ0) is 13.9. The average Bonchev–Trinajstić information content (AvgIpc) is 2.78. The van der Waals surface area contributed by atoms with Crippen molar-refractivity contribution in [3.8, 4) is 0 Å². The van der Waals surface area contributed by atoms with E-state index in [9.17, 15) is 0 Å². The smallest absolute Gasteiger partial charge is 0.190 e. The lowest BCUT2D eigenvalue weighted by Gasteiger charge is -2.03. The third-order valence-electron chi connectivity index (χ3n) is 3.61. The van der Waals surface area contributed by atoms with Crippen LogP contribution < -0.4 is 0 Å². The SMILES string of the molecule is CCCCCCCCCCCc1nnc(SC)n1C. The Bertz CT molecular complexity index is 336. The Morgan fingerprint density at radius 1 is 0.895 bits per heavy atom. The quantitative estimate of drug-likeness (QED) is 0.439. The molecule has 0 spiro atoms. The highest BCUT2D eigenvalue weighted by atomic mass is 32.2. The molecular formula is C15H29N3S. The van der Waals surface area contributed by atoms with Crippen molar-refractivity contribution in [3.05, 3.63) is 5.82 Å². The molecule has 0 atom stereocenters. The van der Waals surface area contributed by atoms with Gasteiger partial charge in [0.15, 0.2) is 5.16 Å². The summed E-state index contributed by atoms with van der Waals surface area (Å²) in [6, 6.07) is 0. The van der Waals surface area contributed by atoms with Crippen LogP contribution in [0.5, 0.6) is 0 Å². The summed E-state index contributed by atoms with van der Waals surface area (Å²) in [6.07, 6.45) is 15.5. The second kappa shape index (κ2) is 10.3. The summed E-state index contributed by atoms with van der Waals surface area (Å²) in [5.41, 5.74) is 0. The van der Waals surface area contributed by atoms with Gasteiger partial charge in [0, 0.05) is 13.5 Å². The first-order chi connectivity index (χ1) is 9.29. The fourth-order valence-corrected chi connectivity index (χ4v) is 2.84. The lowest BCUT2D eigenvalue weighted by molar-refractivity contribution is 0.558. The molecular weight excluding hydrogens is 254 g/mol. The van der Waals surface area contributed by atoms with Gasteiger partial charge in [-0.2, -0.15) is 0 Å². The van der Waals surface area contributed by atoms with Gasteiger partial charge in [-0.05, 0) is 12.7 Å². The summed E-state index contributed by atoms with van der Waals surface area (Å²) in [4.78, 5) is 0. The van der Waals surface area contributed by atoms with Crippen LogP contribution in [-0.4, -0.2) is 21.0 Å².